The highest BCUT2D eigenvalue weighted by Crippen LogP contribution is 2.47. The Kier molecular flexibility index (Phi) is 3.81. The van der Waals surface area contributed by atoms with E-state index in [1.807, 2.05) is 24.3 Å². The van der Waals surface area contributed by atoms with Crippen molar-refractivity contribution in [3.8, 4) is 5.88 Å². The zero-order valence-electron chi connectivity index (χ0n) is 13.6. The number of halogens is 1. The third-order valence-corrected chi connectivity index (χ3v) is 4.77. The molecular formula is C19H16ClN3O2. The van der Waals surface area contributed by atoms with Gasteiger partial charge in [-0.2, -0.15) is 0 Å². The molecule has 0 aliphatic heterocycles. The van der Waals surface area contributed by atoms with Crippen molar-refractivity contribution in [2.24, 2.45) is 0 Å². The topological polar surface area (TPSA) is 66.3 Å². The van der Waals surface area contributed by atoms with Gasteiger partial charge in [0.25, 0.3) is 5.91 Å². The third-order valence-electron chi connectivity index (χ3n) is 4.44. The molecule has 126 valence electrons. The van der Waals surface area contributed by atoms with Crippen LogP contribution >= 0.6 is 11.6 Å². The van der Waals surface area contributed by atoms with E-state index in [4.69, 9.17) is 11.6 Å². The summed E-state index contributed by atoms with van der Waals surface area (Å²) in [6.07, 6.45) is 2.14. The van der Waals surface area contributed by atoms with Crippen LogP contribution < -0.4 is 4.90 Å². The van der Waals surface area contributed by atoms with Crippen molar-refractivity contribution < 1.29 is 9.90 Å². The summed E-state index contributed by atoms with van der Waals surface area (Å²) in [4.78, 5) is 22.8. The maximum absolute atomic E-state index is 12.9. The van der Waals surface area contributed by atoms with Crippen molar-refractivity contribution in [1.82, 2.24) is 9.97 Å². The van der Waals surface area contributed by atoms with Crippen molar-refractivity contribution >= 4 is 34.2 Å². The maximum atomic E-state index is 12.9. The summed E-state index contributed by atoms with van der Waals surface area (Å²) in [5.41, 5.74) is 2.76. The number of rotatable bonds is 3. The number of carbonyl (C=O) groups excluding carboxylic acids is 1. The smallest absolute Gasteiger partial charge is 0.282 e. The van der Waals surface area contributed by atoms with E-state index in [1.54, 1.807) is 25.2 Å². The molecular weight excluding hydrogens is 338 g/mol. The molecule has 0 saturated heterocycles. The van der Waals surface area contributed by atoms with Gasteiger partial charge >= 0.3 is 0 Å². The summed E-state index contributed by atoms with van der Waals surface area (Å²) >= 11 is 6.35. The molecule has 0 unspecified atom stereocenters. The van der Waals surface area contributed by atoms with Gasteiger partial charge in [0.1, 0.15) is 0 Å². The van der Waals surface area contributed by atoms with E-state index in [0.717, 1.165) is 24.1 Å². The largest absolute Gasteiger partial charge is 0.492 e. The highest BCUT2D eigenvalue weighted by Gasteiger charge is 2.31. The average molecular weight is 354 g/mol. The maximum Gasteiger partial charge on any atom is 0.282 e. The van der Waals surface area contributed by atoms with E-state index in [9.17, 15) is 9.90 Å². The first-order chi connectivity index (χ1) is 12.1. The summed E-state index contributed by atoms with van der Waals surface area (Å²) < 4.78 is 0. The average Bonchev–Trinajstić information content (AvgIpc) is 3.44. The minimum atomic E-state index is -0.417. The number of benzene rings is 2. The van der Waals surface area contributed by atoms with Gasteiger partial charge in [0.05, 0.1) is 11.0 Å². The molecule has 1 aromatic heterocycles. The fourth-order valence-electron chi connectivity index (χ4n) is 3.00. The number of hydrogen-bond donors (Lipinski definition) is 1. The Morgan fingerprint density at radius 2 is 1.80 bits per heavy atom. The SMILES string of the molecule is CN(C(=O)c1nc2ccccc2nc1O)c1cccc(Cl)c1C1CC1. The van der Waals surface area contributed by atoms with Crippen LogP contribution in [0.3, 0.4) is 0 Å². The minimum absolute atomic E-state index is 0.0667. The van der Waals surface area contributed by atoms with Crippen LogP contribution in [0, 0.1) is 0 Å². The van der Waals surface area contributed by atoms with Gasteiger partial charge in [0.15, 0.2) is 5.69 Å². The van der Waals surface area contributed by atoms with Crippen LogP contribution in [0.2, 0.25) is 5.02 Å². The van der Waals surface area contributed by atoms with Crippen LogP contribution in [0.5, 0.6) is 5.88 Å². The van der Waals surface area contributed by atoms with Crippen LogP contribution in [-0.2, 0) is 0 Å². The van der Waals surface area contributed by atoms with E-state index in [2.05, 4.69) is 9.97 Å². The lowest BCUT2D eigenvalue weighted by molar-refractivity contribution is 0.0985. The van der Waals surface area contributed by atoms with E-state index >= 15 is 0 Å². The molecule has 0 radical (unpaired) electrons. The standard InChI is InChI=1S/C19H16ClN3O2/c1-23(15-8-4-5-12(20)16(15)11-9-10-11)19(25)17-18(24)22-14-7-3-2-6-13(14)21-17/h2-8,11H,9-10H2,1H3,(H,22,24). The lowest BCUT2D eigenvalue weighted by Crippen LogP contribution is -2.28. The quantitative estimate of drug-likeness (QED) is 0.768. The van der Waals surface area contributed by atoms with E-state index in [1.165, 1.54) is 4.90 Å². The third kappa shape index (κ3) is 2.81. The van der Waals surface area contributed by atoms with Crippen molar-refractivity contribution in [3.63, 3.8) is 0 Å². The lowest BCUT2D eigenvalue weighted by Gasteiger charge is -2.21. The van der Waals surface area contributed by atoms with E-state index in [0.29, 0.717) is 22.0 Å². The van der Waals surface area contributed by atoms with Gasteiger partial charge < -0.3 is 10.0 Å². The van der Waals surface area contributed by atoms with Crippen molar-refractivity contribution in [2.75, 3.05) is 11.9 Å². The molecule has 25 heavy (non-hydrogen) atoms. The molecule has 2 aromatic carbocycles. The molecule has 1 aliphatic carbocycles. The second kappa shape index (κ2) is 6.01. The fraction of sp³-hybridized carbons (Fsp3) is 0.211. The summed E-state index contributed by atoms with van der Waals surface area (Å²) in [6, 6.07) is 12.6. The van der Waals surface area contributed by atoms with Crippen LogP contribution in [0.25, 0.3) is 11.0 Å². The molecule has 1 aliphatic rings. The summed E-state index contributed by atoms with van der Waals surface area (Å²) in [7, 11) is 1.66. The monoisotopic (exact) mass is 353 g/mol. The van der Waals surface area contributed by atoms with Gasteiger partial charge in [0.2, 0.25) is 5.88 Å². The summed E-state index contributed by atoms with van der Waals surface area (Å²) in [5, 5.41) is 10.8. The van der Waals surface area contributed by atoms with Crippen LogP contribution in [0.4, 0.5) is 5.69 Å². The number of aromatic hydroxyl groups is 1. The number of fused-ring (bicyclic) bond motifs is 1. The van der Waals surface area contributed by atoms with Crippen molar-refractivity contribution in [2.45, 2.75) is 18.8 Å². The van der Waals surface area contributed by atoms with Gasteiger partial charge in [-0.1, -0.05) is 29.8 Å². The Morgan fingerprint density at radius 3 is 2.48 bits per heavy atom. The normalized spacial score (nSPS) is 13.8. The van der Waals surface area contributed by atoms with Gasteiger partial charge in [-0.3, -0.25) is 4.79 Å². The van der Waals surface area contributed by atoms with Gasteiger partial charge in [-0.25, -0.2) is 9.97 Å². The molecule has 6 heteroatoms. The van der Waals surface area contributed by atoms with Crippen LogP contribution in [0.15, 0.2) is 42.5 Å². The lowest BCUT2D eigenvalue weighted by atomic mass is 10.1. The molecule has 5 nitrogen and oxygen atoms in total. The first-order valence-corrected chi connectivity index (χ1v) is 8.46. The zero-order valence-corrected chi connectivity index (χ0v) is 14.4. The highest BCUT2D eigenvalue weighted by atomic mass is 35.5. The molecule has 0 atom stereocenters. The van der Waals surface area contributed by atoms with Crippen LogP contribution in [0.1, 0.15) is 34.8 Å². The minimum Gasteiger partial charge on any atom is -0.492 e. The van der Waals surface area contributed by atoms with Crippen LogP contribution in [-0.4, -0.2) is 28.0 Å². The second-order valence-corrected chi connectivity index (χ2v) is 6.60. The molecule has 1 fully saturated rings. The molecule has 1 N–H and O–H groups in total. The fourth-order valence-corrected chi connectivity index (χ4v) is 3.32. The number of para-hydroxylation sites is 2. The number of aromatic nitrogens is 2. The molecule has 1 saturated carbocycles. The Balaban J connectivity index is 1.77. The Morgan fingerprint density at radius 1 is 1.12 bits per heavy atom. The number of carbonyl (C=O) groups is 1. The Labute approximate surface area is 149 Å². The predicted octanol–water partition coefficient (Wildman–Crippen LogP) is 4.14. The summed E-state index contributed by atoms with van der Waals surface area (Å²) in [5.74, 6) is -0.402. The number of anilines is 1. The molecule has 1 amide bonds. The summed E-state index contributed by atoms with van der Waals surface area (Å²) in [6.45, 7) is 0. The van der Waals surface area contributed by atoms with Gasteiger partial charge in [-0.05, 0) is 48.6 Å². The molecule has 0 spiro atoms. The zero-order chi connectivity index (χ0) is 17.6. The Hall–Kier alpha value is -2.66. The number of nitrogens with zero attached hydrogens (tertiary/aromatic N) is 3. The molecule has 3 aromatic rings. The van der Waals surface area contributed by atoms with Crippen molar-refractivity contribution in [3.05, 3.63) is 58.7 Å². The molecule has 1 heterocycles. The number of hydrogen-bond acceptors (Lipinski definition) is 4. The first-order valence-electron chi connectivity index (χ1n) is 8.08. The predicted molar refractivity (Wildman–Crippen MR) is 97.4 cm³/mol. The van der Waals surface area contributed by atoms with Gasteiger partial charge in [-0.15, -0.1) is 0 Å². The Bertz CT molecular complexity index is 986. The van der Waals surface area contributed by atoms with Gasteiger partial charge in [0, 0.05) is 17.8 Å². The highest BCUT2D eigenvalue weighted by molar-refractivity contribution is 6.32. The van der Waals surface area contributed by atoms with Crippen molar-refractivity contribution in [1.29, 1.82) is 0 Å². The molecule has 0 bridgehead atoms. The second-order valence-electron chi connectivity index (χ2n) is 6.20. The first kappa shape index (κ1) is 15.8. The molecule has 4 rings (SSSR count). The van der Waals surface area contributed by atoms with E-state index < -0.39 is 5.91 Å². The van der Waals surface area contributed by atoms with E-state index in [-0.39, 0.29) is 11.6 Å². The number of amides is 1.